The van der Waals surface area contributed by atoms with Gasteiger partial charge in [-0.2, -0.15) is 4.79 Å². The first kappa shape index (κ1) is 14.9. The monoisotopic (exact) mass is 266 g/mol. The third-order valence-corrected chi connectivity index (χ3v) is 2.29. The minimum absolute atomic E-state index is 0.0476. The van der Waals surface area contributed by atoms with E-state index in [4.69, 9.17) is 9.52 Å². The number of carboxylic acids is 1. The van der Waals surface area contributed by atoms with Gasteiger partial charge < -0.3 is 14.4 Å². The zero-order valence-electron chi connectivity index (χ0n) is 11.1. The molecule has 1 N–H and O–H groups in total. The molecule has 7 heteroatoms. The van der Waals surface area contributed by atoms with Crippen molar-refractivity contribution in [2.45, 2.75) is 13.3 Å². The van der Waals surface area contributed by atoms with Gasteiger partial charge in [0.15, 0.2) is 6.39 Å². The number of aromatic nitrogens is 1. The smallest absolute Gasteiger partial charge is 0.481 e. The zero-order chi connectivity index (χ0) is 14.4. The summed E-state index contributed by atoms with van der Waals surface area (Å²) in [6.45, 7) is 2.07. The van der Waals surface area contributed by atoms with E-state index in [1.807, 2.05) is 0 Å². The summed E-state index contributed by atoms with van der Waals surface area (Å²) < 4.78 is 4.90. The molecule has 7 nitrogen and oxygen atoms in total. The van der Waals surface area contributed by atoms with Crippen molar-refractivity contribution in [2.24, 2.45) is 5.92 Å². The number of carbonyl (C=O) groups excluding carboxylic acids is 1. The van der Waals surface area contributed by atoms with Crippen molar-refractivity contribution in [3.63, 3.8) is 0 Å². The molecule has 0 aliphatic carbocycles. The average molecular weight is 266 g/mol. The number of hydrogen-bond donors (Lipinski definition) is 1. The summed E-state index contributed by atoms with van der Waals surface area (Å²) in [5.41, 5.74) is 0.443. The minimum Gasteiger partial charge on any atom is -0.481 e. The number of carboxylic acid groups (broad SMARTS) is 1. The first-order valence-corrected chi connectivity index (χ1v) is 5.67. The number of carbonyl (C=O) groups is 2. The molecule has 1 heterocycles. The Morgan fingerprint density at radius 1 is 1.58 bits per heavy atom. The van der Waals surface area contributed by atoms with Crippen LogP contribution in [-0.2, 0) is 4.79 Å². The molecule has 0 fully saturated rings. The van der Waals surface area contributed by atoms with Gasteiger partial charge in [-0.05, 0) is 21.0 Å². The lowest BCUT2D eigenvalue weighted by Crippen LogP contribution is -2.22. The lowest BCUT2D eigenvalue weighted by Gasteiger charge is -2.10. The SMILES string of the molecule is Cc1ncoc1C(=O)[N+]#CC(CC(=O)O)CN(C)C. The lowest BCUT2D eigenvalue weighted by molar-refractivity contribution is -0.137. The molecule has 0 saturated carbocycles. The van der Waals surface area contributed by atoms with Gasteiger partial charge >= 0.3 is 11.9 Å². The van der Waals surface area contributed by atoms with Crippen LogP contribution in [0.4, 0.5) is 0 Å². The highest BCUT2D eigenvalue weighted by molar-refractivity contribution is 6.00. The molecule has 1 aromatic rings. The van der Waals surface area contributed by atoms with Crippen molar-refractivity contribution in [1.82, 2.24) is 9.88 Å². The third kappa shape index (κ3) is 4.89. The van der Waals surface area contributed by atoms with Gasteiger partial charge in [0.05, 0.1) is 12.1 Å². The van der Waals surface area contributed by atoms with E-state index in [-0.39, 0.29) is 12.2 Å². The van der Waals surface area contributed by atoms with Crippen molar-refractivity contribution in [1.29, 1.82) is 0 Å². The molecule has 19 heavy (non-hydrogen) atoms. The van der Waals surface area contributed by atoms with Crippen LogP contribution in [0.25, 0.3) is 4.85 Å². The van der Waals surface area contributed by atoms with Crippen LogP contribution >= 0.6 is 0 Å². The van der Waals surface area contributed by atoms with E-state index in [0.29, 0.717) is 12.2 Å². The van der Waals surface area contributed by atoms with Crippen LogP contribution < -0.4 is 0 Å². The highest BCUT2D eigenvalue weighted by Crippen LogP contribution is 2.08. The van der Waals surface area contributed by atoms with Crippen LogP contribution in [0.1, 0.15) is 22.7 Å². The van der Waals surface area contributed by atoms with Gasteiger partial charge in [0.2, 0.25) is 0 Å². The van der Waals surface area contributed by atoms with Crippen LogP contribution in [0.3, 0.4) is 0 Å². The first-order valence-electron chi connectivity index (χ1n) is 5.67. The molecule has 0 aromatic carbocycles. The van der Waals surface area contributed by atoms with Crippen molar-refractivity contribution < 1.29 is 19.1 Å². The summed E-state index contributed by atoms with van der Waals surface area (Å²) in [6, 6.07) is 2.56. The maximum absolute atomic E-state index is 11.7. The van der Waals surface area contributed by atoms with Crippen LogP contribution in [-0.4, -0.2) is 47.5 Å². The summed E-state index contributed by atoms with van der Waals surface area (Å²) >= 11 is 0. The van der Waals surface area contributed by atoms with Crippen molar-refractivity contribution >= 4 is 11.9 Å². The summed E-state index contributed by atoms with van der Waals surface area (Å²) in [5, 5.41) is 8.78. The number of rotatable bonds is 5. The molecule has 0 saturated heterocycles. The fraction of sp³-hybridized carbons (Fsp3) is 0.500. The van der Waals surface area contributed by atoms with Crippen molar-refractivity contribution in [3.05, 3.63) is 22.7 Å². The number of aryl methyl sites for hydroxylation is 1. The standard InChI is InChI=1S/C12H15N3O4/c1-8-11(19-7-14-8)12(18)13-5-9(4-10(16)17)6-15(2)3/h7,9H,4,6H2,1-3H3/p+1. The molecule has 0 aliphatic rings. The Kier molecular flexibility index (Phi) is 5.21. The summed E-state index contributed by atoms with van der Waals surface area (Å²) in [4.78, 5) is 31.6. The zero-order valence-corrected chi connectivity index (χ0v) is 11.1. The number of aliphatic carboxylic acids is 1. The van der Waals surface area contributed by atoms with E-state index in [2.05, 4.69) is 15.9 Å². The molecule has 1 atom stereocenters. The fourth-order valence-electron chi connectivity index (χ4n) is 1.51. The second kappa shape index (κ2) is 6.66. The largest absolute Gasteiger partial charge is 0.585 e. The van der Waals surface area contributed by atoms with E-state index in [9.17, 15) is 9.59 Å². The predicted molar refractivity (Wildman–Crippen MR) is 67.1 cm³/mol. The Hall–Kier alpha value is -2.20. The van der Waals surface area contributed by atoms with Crippen LogP contribution in [0.2, 0.25) is 0 Å². The van der Waals surface area contributed by atoms with Crippen molar-refractivity contribution in [2.75, 3.05) is 20.6 Å². The van der Waals surface area contributed by atoms with E-state index < -0.39 is 17.8 Å². The summed E-state index contributed by atoms with van der Waals surface area (Å²) in [7, 11) is 3.61. The summed E-state index contributed by atoms with van der Waals surface area (Å²) in [6.07, 6.45) is 1.02. The molecule has 102 valence electrons. The van der Waals surface area contributed by atoms with Gasteiger partial charge in [-0.3, -0.25) is 4.79 Å². The van der Waals surface area contributed by atoms with Crippen LogP contribution in [0.5, 0.6) is 0 Å². The average Bonchev–Trinajstić information content (AvgIpc) is 2.70. The lowest BCUT2D eigenvalue weighted by atomic mass is 10.1. The second-order valence-corrected chi connectivity index (χ2v) is 4.37. The Balaban J connectivity index is 2.79. The highest BCUT2D eigenvalue weighted by atomic mass is 16.4. The third-order valence-electron chi connectivity index (χ3n) is 2.29. The fourth-order valence-corrected chi connectivity index (χ4v) is 1.51. The molecule has 0 spiro atoms. The number of amides is 1. The predicted octanol–water partition coefficient (Wildman–Crippen LogP) is 1.11. The quantitative estimate of drug-likeness (QED) is 0.858. The van der Waals surface area contributed by atoms with Gasteiger partial charge in [0.25, 0.3) is 11.8 Å². The number of hydrogen-bond acceptors (Lipinski definition) is 5. The maximum Gasteiger partial charge on any atom is 0.585 e. The number of oxazole rings is 1. The topological polar surface area (TPSA) is 88.0 Å². The van der Waals surface area contributed by atoms with E-state index in [0.717, 1.165) is 6.39 Å². The number of nitrogens with zero attached hydrogens (tertiary/aromatic N) is 3. The first-order chi connectivity index (χ1) is 8.90. The Morgan fingerprint density at radius 3 is 2.74 bits per heavy atom. The second-order valence-electron chi connectivity index (χ2n) is 4.37. The van der Waals surface area contributed by atoms with E-state index >= 15 is 0 Å². The van der Waals surface area contributed by atoms with Gasteiger partial charge in [-0.15, -0.1) is 0 Å². The van der Waals surface area contributed by atoms with Gasteiger partial charge in [-0.1, -0.05) is 0 Å². The Morgan fingerprint density at radius 2 is 2.26 bits per heavy atom. The molecule has 1 unspecified atom stereocenters. The molecule has 0 aliphatic heterocycles. The van der Waals surface area contributed by atoms with Gasteiger partial charge in [0.1, 0.15) is 5.92 Å². The molecule has 0 radical (unpaired) electrons. The normalized spacial score (nSPS) is 11.8. The maximum atomic E-state index is 11.7. The minimum atomic E-state index is -0.960. The van der Waals surface area contributed by atoms with Crippen LogP contribution in [0.15, 0.2) is 10.8 Å². The van der Waals surface area contributed by atoms with Crippen molar-refractivity contribution in [3.8, 4) is 6.07 Å². The molecule has 1 rings (SSSR count). The van der Waals surface area contributed by atoms with Crippen LogP contribution in [0, 0.1) is 18.9 Å². The summed E-state index contributed by atoms with van der Waals surface area (Å²) in [5.74, 6) is -1.98. The van der Waals surface area contributed by atoms with E-state index in [1.165, 1.54) is 0 Å². The molecule has 1 aromatic heterocycles. The molecular formula is C12H16N3O4+. The molecule has 1 amide bonds. The van der Waals surface area contributed by atoms with E-state index in [1.54, 1.807) is 25.9 Å². The highest BCUT2D eigenvalue weighted by Gasteiger charge is 2.25. The molecule has 0 bridgehead atoms. The van der Waals surface area contributed by atoms with Gasteiger partial charge in [0, 0.05) is 11.4 Å². The Labute approximate surface area is 110 Å². The Bertz CT molecular complexity index is 525. The molecular weight excluding hydrogens is 250 g/mol. The van der Waals surface area contributed by atoms with Gasteiger partial charge in [-0.25, -0.2) is 4.98 Å².